The first-order chi connectivity index (χ1) is 9.84. The summed E-state index contributed by atoms with van der Waals surface area (Å²) in [6, 6.07) is 9.97. The maximum atomic E-state index is 11.6. The van der Waals surface area contributed by atoms with Gasteiger partial charge in [0.2, 0.25) is 5.91 Å². The van der Waals surface area contributed by atoms with Crippen molar-refractivity contribution in [2.24, 2.45) is 0 Å². The van der Waals surface area contributed by atoms with Gasteiger partial charge in [-0.15, -0.1) is 0 Å². The highest BCUT2D eigenvalue weighted by atomic mass is 16.7. The van der Waals surface area contributed by atoms with Crippen molar-refractivity contribution in [2.75, 3.05) is 39.5 Å². The van der Waals surface area contributed by atoms with Crippen LogP contribution in [0.5, 0.6) is 0 Å². The van der Waals surface area contributed by atoms with E-state index in [1.165, 1.54) is 0 Å². The summed E-state index contributed by atoms with van der Waals surface area (Å²) in [5.74, 6) is -0.0733. The van der Waals surface area contributed by atoms with E-state index in [9.17, 15) is 4.79 Å². The van der Waals surface area contributed by atoms with Crippen molar-refractivity contribution < 1.29 is 14.4 Å². The highest BCUT2D eigenvalue weighted by Gasteiger charge is 2.09. The standard InChI is InChI=1S/C15H22N2O3/c18-15(7-6-14-4-2-1-3-5-14)16-20-13-10-17-8-11-19-12-9-17/h1-5H,6-13H2,(H,16,18). The van der Waals surface area contributed by atoms with Gasteiger partial charge in [0, 0.05) is 26.1 Å². The average molecular weight is 278 g/mol. The second-order valence-corrected chi connectivity index (χ2v) is 4.81. The van der Waals surface area contributed by atoms with E-state index in [0.29, 0.717) is 13.0 Å². The molecule has 110 valence electrons. The van der Waals surface area contributed by atoms with Gasteiger partial charge < -0.3 is 4.74 Å². The van der Waals surface area contributed by atoms with Crippen molar-refractivity contribution in [1.82, 2.24) is 10.4 Å². The van der Waals surface area contributed by atoms with Crippen molar-refractivity contribution in [3.8, 4) is 0 Å². The van der Waals surface area contributed by atoms with Gasteiger partial charge in [-0.1, -0.05) is 30.3 Å². The number of ether oxygens (including phenoxy) is 1. The zero-order chi connectivity index (χ0) is 14.0. The third kappa shape index (κ3) is 5.69. The van der Waals surface area contributed by atoms with Crippen LogP contribution in [0, 0.1) is 0 Å². The van der Waals surface area contributed by atoms with Gasteiger partial charge in [-0.3, -0.25) is 14.5 Å². The lowest BCUT2D eigenvalue weighted by atomic mass is 10.1. The predicted molar refractivity (Wildman–Crippen MR) is 76.1 cm³/mol. The third-order valence-electron chi connectivity index (χ3n) is 3.28. The molecule has 0 atom stereocenters. The van der Waals surface area contributed by atoms with Crippen LogP contribution in [0.2, 0.25) is 0 Å². The first-order valence-electron chi connectivity index (χ1n) is 7.09. The minimum absolute atomic E-state index is 0.0733. The Labute approximate surface area is 119 Å². The SMILES string of the molecule is O=C(CCc1ccccc1)NOCCN1CCOCC1. The summed E-state index contributed by atoms with van der Waals surface area (Å²) < 4.78 is 5.27. The number of nitrogens with zero attached hydrogens (tertiary/aromatic N) is 1. The molecule has 0 saturated carbocycles. The Morgan fingerprint density at radius 1 is 1.25 bits per heavy atom. The minimum Gasteiger partial charge on any atom is -0.379 e. The number of benzene rings is 1. The number of hydroxylamine groups is 1. The maximum Gasteiger partial charge on any atom is 0.243 e. The zero-order valence-electron chi connectivity index (χ0n) is 11.7. The number of aryl methyl sites for hydroxylation is 1. The van der Waals surface area contributed by atoms with Crippen LogP contribution in [0.1, 0.15) is 12.0 Å². The minimum atomic E-state index is -0.0733. The molecule has 0 radical (unpaired) electrons. The van der Waals surface area contributed by atoms with Gasteiger partial charge >= 0.3 is 0 Å². The van der Waals surface area contributed by atoms with E-state index < -0.39 is 0 Å². The van der Waals surface area contributed by atoms with Crippen molar-refractivity contribution in [2.45, 2.75) is 12.8 Å². The summed E-state index contributed by atoms with van der Waals surface area (Å²) >= 11 is 0. The highest BCUT2D eigenvalue weighted by Crippen LogP contribution is 2.02. The Bertz CT molecular complexity index is 391. The normalized spacial score (nSPS) is 16.0. The molecule has 5 nitrogen and oxygen atoms in total. The fourth-order valence-corrected chi connectivity index (χ4v) is 2.08. The molecule has 20 heavy (non-hydrogen) atoms. The molecule has 0 aromatic heterocycles. The quantitative estimate of drug-likeness (QED) is 0.597. The Morgan fingerprint density at radius 3 is 2.75 bits per heavy atom. The molecule has 2 rings (SSSR count). The van der Waals surface area contributed by atoms with E-state index in [-0.39, 0.29) is 5.91 Å². The van der Waals surface area contributed by atoms with Gasteiger partial charge in [0.05, 0.1) is 19.8 Å². The maximum absolute atomic E-state index is 11.6. The molecule has 1 amide bonds. The van der Waals surface area contributed by atoms with E-state index in [1.807, 2.05) is 30.3 Å². The molecule has 0 unspecified atom stereocenters. The lowest BCUT2D eigenvalue weighted by molar-refractivity contribution is -0.134. The topological polar surface area (TPSA) is 50.8 Å². The number of carbonyl (C=O) groups is 1. The van der Waals surface area contributed by atoms with E-state index in [2.05, 4.69) is 10.4 Å². The molecular weight excluding hydrogens is 256 g/mol. The molecule has 1 aromatic rings. The zero-order valence-corrected chi connectivity index (χ0v) is 11.7. The number of hydrogen-bond acceptors (Lipinski definition) is 4. The second-order valence-electron chi connectivity index (χ2n) is 4.81. The van der Waals surface area contributed by atoms with Crippen LogP contribution < -0.4 is 5.48 Å². The fraction of sp³-hybridized carbons (Fsp3) is 0.533. The molecule has 1 aromatic carbocycles. The van der Waals surface area contributed by atoms with Crippen molar-refractivity contribution in [1.29, 1.82) is 0 Å². The van der Waals surface area contributed by atoms with Gasteiger partial charge in [0.25, 0.3) is 0 Å². The molecule has 0 spiro atoms. The van der Waals surface area contributed by atoms with Crippen molar-refractivity contribution in [3.05, 3.63) is 35.9 Å². The monoisotopic (exact) mass is 278 g/mol. The number of nitrogens with one attached hydrogen (secondary N) is 1. The molecule has 1 fully saturated rings. The molecule has 1 N–H and O–H groups in total. The molecule has 5 heteroatoms. The Morgan fingerprint density at radius 2 is 2.00 bits per heavy atom. The molecule has 1 heterocycles. The first kappa shape index (κ1) is 15.0. The van der Waals surface area contributed by atoms with Crippen LogP contribution in [0.3, 0.4) is 0 Å². The smallest absolute Gasteiger partial charge is 0.243 e. The summed E-state index contributed by atoms with van der Waals surface area (Å²) in [5, 5.41) is 0. The summed E-state index contributed by atoms with van der Waals surface area (Å²) in [7, 11) is 0. The lowest BCUT2D eigenvalue weighted by Gasteiger charge is -2.26. The van der Waals surface area contributed by atoms with Crippen LogP contribution in [0.15, 0.2) is 30.3 Å². The summed E-state index contributed by atoms with van der Waals surface area (Å²) in [4.78, 5) is 19.1. The van der Waals surface area contributed by atoms with Gasteiger partial charge in [-0.2, -0.15) is 0 Å². The summed E-state index contributed by atoms with van der Waals surface area (Å²) in [6.07, 6.45) is 1.18. The largest absolute Gasteiger partial charge is 0.379 e. The van der Waals surface area contributed by atoms with E-state index in [4.69, 9.17) is 9.57 Å². The fourth-order valence-electron chi connectivity index (χ4n) is 2.08. The second kappa shape index (κ2) is 8.68. The van der Waals surface area contributed by atoms with Gasteiger partial charge in [0.15, 0.2) is 0 Å². The van der Waals surface area contributed by atoms with E-state index in [1.54, 1.807) is 0 Å². The average Bonchev–Trinajstić information content (AvgIpc) is 2.52. The lowest BCUT2D eigenvalue weighted by Crippen LogP contribution is -2.39. The van der Waals surface area contributed by atoms with Gasteiger partial charge in [-0.05, 0) is 12.0 Å². The molecule has 0 aliphatic carbocycles. The van der Waals surface area contributed by atoms with Crippen LogP contribution >= 0.6 is 0 Å². The number of amides is 1. The summed E-state index contributed by atoms with van der Waals surface area (Å²) in [5.41, 5.74) is 3.66. The van der Waals surface area contributed by atoms with Crippen LogP contribution in [-0.2, 0) is 20.8 Å². The number of rotatable bonds is 7. The van der Waals surface area contributed by atoms with Crippen molar-refractivity contribution >= 4 is 5.91 Å². The van der Waals surface area contributed by atoms with E-state index in [0.717, 1.165) is 44.8 Å². The first-order valence-corrected chi connectivity index (χ1v) is 7.09. The van der Waals surface area contributed by atoms with Crippen molar-refractivity contribution in [3.63, 3.8) is 0 Å². The Balaban J connectivity index is 1.51. The van der Waals surface area contributed by atoms with Crippen LogP contribution in [0.4, 0.5) is 0 Å². The number of morpholine rings is 1. The Hall–Kier alpha value is -1.43. The van der Waals surface area contributed by atoms with Gasteiger partial charge in [-0.25, -0.2) is 5.48 Å². The third-order valence-corrected chi connectivity index (χ3v) is 3.28. The van der Waals surface area contributed by atoms with E-state index >= 15 is 0 Å². The van der Waals surface area contributed by atoms with Gasteiger partial charge in [0.1, 0.15) is 0 Å². The van der Waals surface area contributed by atoms with Crippen LogP contribution in [-0.4, -0.2) is 50.3 Å². The predicted octanol–water partition coefficient (Wildman–Crippen LogP) is 0.999. The number of hydrogen-bond donors (Lipinski definition) is 1. The Kier molecular flexibility index (Phi) is 6.50. The molecule has 1 aliphatic heterocycles. The number of carbonyl (C=O) groups excluding carboxylic acids is 1. The molecule has 1 saturated heterocycles. The molecule has 1 aliphatic rings. The molecule has 0 bridgehead atoms. The molecular formula is C15H22N2O3. The highest BCUT2D eigenvalue weighted by molar-refractivity contribution is 5.75. The summed E-state index contributed by atoms with van der Waals surface area (Å²) in [6.45, 7) is 4.77. The van der Waals surface area contributed by atoms with Crippen LogP contribution in [0.25, 0.3) is 0 Å².